The Morgan fingerprint density at radius 1 is 1.53 bits per heavy atom. The van der Waals surface area contributed by atoms with Crippen LogP contribution in [0.3, 0.4) is 0 Å². The van der Waals surface area contributed by atoms with Crippen molar-refractivity contribution in [3.05, 3.63) is 0 Å². The summed E-state index contributed by atoms with van der Waals surface area (Å²) in [5, 5.41) is 9.22. The van der Waals surface area contributed by atoms with Crippen molar-refractivity contribution in [2.24, 2.45) is 11.7 Å². The Kier molecular flexibility index (Phi) is 3.12. The van der Waals surface area contributed by atoms with Crippen LogP contribution < -0.4 is 5.73 Å². The van der Waals surface area contributed by atoms with E-state index in [2.05, 4.69) is 0 Å². The fourth-order valence-electron chi connectivity index (χ4n) is 2.59. The average molecular weight is 240 g/mol. The summed E-state index contributed by atoms with van der Waals surface area (Å²) < 4.78 is 0. The van der Waals surface area contributed by atoms with Crippen molar-refractivity contribution in [2.45, 2.75) is 50.6 Å². The second kappa shape index (κ2) is 4.29. The highest BCUT2D eigenvalue weighted by molar-refractivity contribution is 5.87. The molecule has 5 heteroatoms. The normalized spacial score (nSPS) is 30.4. The van der Waals surface area contributed by atoms with E-state index >= 15 is 0 Å². The molecule has 1 aliphatic carbocycles. The van der Waals surface area contributed by atoms with Crippen LogP contribution in [0.1, 0.15) is 39.0 Å². The van der Waals surface area contributed by atoms with Crippen molar-refractivity contribution in [2.75, 3.05) is 6.54 Å². The van der Waals surface area contributed by atoms with E-state index in [4.69, 9.17) is 5.73 Å². The van der Waals surface area contributed by atoms with Crippen LogP contribution >= 0.6 is 0 Å². The molecule has 96 valence electrons. The topological polar surface area (TPSA) is 83.6 Å². The fraction of sp³-hybridized carbons (Fsp3) is 0.833. The number of aliphatic carboxylic acids is 1. The van der Waals surface area contributed by atoms with E-state index in [0.29, 0.717) is 18.9 Å². The Hall–Kier alpha value is -1.10. The number of amides is 1. The summed E-state index contributed by atoms with van der Waals surface area (Å²) in [6.45, 7) is 2.17. The second-order valence-electron chi connectivity index (χ2n) is 5.43. The average Bonchev–Trinajstić information content (AvgIpc) is 3.02. The minimum atomic E-state index is -1.03. The van der Waals surface area contributed by atoms with Crippen LogP contribution in [0.25, 0.3) is 0 Å². The van der Waals surface area contributed by atoms with E-state index < -0.39 is 11.5 Å². The fourth-order valence-corrected chi connectivity index (χ4v) is 2.59. The van der Waals surface area contributed by atoms with Gasteiger partial charge in [0.1, 0.15) is 5.54 Å². The molecule has 1 saturated carbocycles. The molecule has 3 N–H and O–H groups in total. The molecule has 2 atom stereocenters. The summed E-state index contributed by atoms with van der Waals surface area (Å²) in [4.78, 5) is 24.8. The van der Waals surface area contributed by atoms with Gasteiger partial charge >= 0.3 is 5.97 Å². The first kappa shape index (κ1) is 12.4. The molecule has 5 nitrogen and oxygen atoms in total. The first-order chi connectivity index (χ1) is 7.95. The third kappa shape index (κ3) is 2.29. The van der Waals surface area contributed by atoms with Crippen molar-refractivity contribution >= 4 is 11.9 Å². The third-order valence-corrected chi connectivity index (χ3v) is 4.04. The van der Waals surface area contributed by atoms with Crippen molar-refractivity contribution in [3.8, 4) is 0 Å². The molecule has 0 aromatic rings. The highest BCUT2D eigenvalue weighted by atomic mass is 16.4. The van der Waals surface area contributed by atoms with Crippen LogP contribution in [0, 0.1) is 5.92 Å². The van der Waals surface area contributed by atoms with E-state index in [0.717, 1.165) is 19.3 Å². The van der Waals surface area contributed by atoms with Gasteiger partial charge in [0.2, 0.25) is 5.91 Å². The Morgan fingerprint density at radius 2 is 2.18 bits per heavy atom. The summed E-state index contributed by atoms with van der Waals surface area (Å²) in [6, 6.07) is -0.0962. The molecule has 1 aliphatic heterocycles. The number of carboxylic acids is 1. The van der Waals surface area contributed by atoms with E-state index in [9.17, 15) is 14.7 Å². The number of nitrogens with zero attached hydrogens (tertiary/aromatic N) is 1. The molecular weight excluding hydrogens is 220 g/mol. The predicted molar refractivity (Wildman–Crippen MR) is 62.3 cm³/mol. The second-order valence-corrected chi connectivity index (χ2v) is 5.43. The summed E-state index contributed by atoms with van der Waals surface area (Å²) in [5.41, 5.74) is 4.89. The van der Waals surface area contributed by atoms with E-state index in [1.165, 1.54) is 4.90 Å². The molecule has 1 heterocycles. The SMILES string of the molecule is CC1(C(=O)O)CCCN1C(=O)CC(N)C1CC1. The van der Waals surface area contributed by atoms with Gasteiger partial charge in [-0.2, -0.15) is 0 Å². The quantitative estimate of drug-likeness (QED) is 0.753. The molecule has 2 fully saturated rings. The highest BCUT2D eigenvalue weighted by Gasteiger charge is 2.46. The molecule has 0 aromatic heterocycles. The Bertz CT molecular complexity index is 341. The van der Waals surface area contributed by atoms with Gasteiger partial charge in [0.05, 0.1) is 0 Å². The predicted octanol–water partition coefficient (Wildman–Crippen LogP) is 0.579. The summed E-state index contributed by atoms with van der Waals surface area (Å²) in [5.74, 6) is -0.548. The molecule has 17 heavy (non-hydrogen) atoms. The number of carbonyl (C=O) groups is 2. The first-order valence-corrected chi connectivity index (χ1v) is 6.24. The number of rotatable bonds is 4. The third-order valence-electron chi connectivity index (χ3n) is 4.04. The van der Waals surface area contributed by atoms with Crippen LogP contribution in [-0.4, -0.2) is 40.0 Å². The van der Waals surface area contributed by atoms with Gasteiger partial charge in [-0.1, -0.05) is 0 Å². The molecule has 0 spiro atoms. The van der Waals surface area contributed by atoms with Gasteiger partial charge in [-0.3, -0.25) is 4.79 Å². The van der Waals surface area contributed by atoms with Gasteiger partial charge in [-0.05, 0) is 38.5 Å². The molecule has 2 rings (SSSR count). The zero-order valence-electron chi connectivity index (χ0n) is 10.2. The van der Waals surface area contributed by atoms with Gasteiger partial charge in [-0.25, -0.2) is 4.79 Å². The van der Waals surface area contributed by atoms with Crippen LogP contribution in [0.15, 0.2) is 0 Å². The van der Waals surface area contributed by atoms with Crippen molar-refractivity contribution < 1.29 is 14.7 Å². The highest BCUT2D eigenvalue weighted by Crippen LogP contribution is 2.35. The zero-order valence-corrected chi connectivity index (χ0v) is 10.2. The maximum absolute atomic E-state index is 12.1. The van der Waals surface area contributed by atoms with Crippen LogP contribution in [0.2, 0.25) is 0 Å². The maximum atomic E-state index is 12.1. The lowest BCUT2D eigenvalue weighted by atomic mass is 9.98. The van der Waals surface area contributed by atoms with Gasteiger partial charge in [0.25, 0.3) is 0 Å². The smallest absolute Gasteiger partial charge is 0.329 e. The monoisotopic (exact) mass is 240 g/mol. The molecule has 2 unspecified atom stereocenters. The van der Waals surface area contributed by atoms with Crippen molar-refractivity contribution in [1.82, 2.24) is 4.90 Å². The lowest BCUT2D eigenvalue weighted by molar-refractivity contribution is -0.155. The van der Waals surface area contributed by atoms with Gasteiger partial charge < -0.3 is 15.7 Å². The number of hydrogen-bond donors (Lipinski definition) is 2. The zero-order chi connectivity index (χ0) is 12.6. The Balaban J connectivity index is 2.00. The van der Waals surface area contributed by atoms with E-state index in [1.54, 1.807) is 6.92 Å². The Labute approximate surface area is 101 Å². The number of carbonyl (C=O) groups excluding carboxylic acids is 1. The number of likely N-dealkylation sites (tertiary alicyclic amines) is 1. The molecule has 2 aliphatic rings. The largest absolute Gasteiger partial charge is 0.480 e. The number of nitrogens with two attached hydrogens (primary N) is 1. The molecule has 0 radical (unpaired) electrons. The van der Waals surface area contributed by atoms with E-state index in [1.807, 2.05) is 0 Å². The molecule has 0 bridgehead atoms. The lowest BCUT2D eigenvalue weighted by Crippen LogP contribution is -2.51. The van der Waals surface area contributed by atoms with Crippen LogP contribution in [0.5, 0.6) is 0 Å². The van der Waals surface area contributed by atoms with Gasteiger partial charge in [0.15, 0.2) is 0 Å². The minimum Gasteiger partial charge on any atom is -0.480 e. The number of carboxylic acid groups (broad SMARTS) is 1. The maximum Gasteiger partial charge on any atom is 0.329 e. The van der Waals surface area contributed by atoms with E-state index in [-0.39, 0.29) is 18.4 Å². The number of hydrogen-bond acceptors (Lipinski definition) is 3. The van der Waals surface area contributed by atoms with Crippen LogP contribution in [-0.2, 0) is 9.59 Å². The molecule has 0 aromatic carbocycles. The van der Waals surface area contributed by atoms with Crippen molar-refractivity contribution in [3.63, 3.8) is 0 Å². The molecule has 1 amide bonds. The van der Waals surface area contributed by atoms with Gasteiger partial charge in [-0.15, -0.1) is 0 Å². The standard InChI is InChI=1S/C12H20N2O3/c1-12(11(16)17)5-2-6-14(12)10(15)7-9(13)8-3-4-8/h8-9H,2-7,13H2,1H3,(H,16,17). The summed E-state index contributed by atoms with van der Waals surface area (Å²) in [6.07, 6.45) is 3.78. The summed E-state index contributed by atoms with van der Waals surface area (Å²) >= 11 is 0. The lowest BCUT2D eigenvalue weighted by Gasteiger charge is -2.32. The first-order valence-electron chi connectivity index (χ1n) is 6.24. The molecular formula is C12H20N2O3. The Morgan fingerprint density at radius 3 is 2.71 bits per heavy atom. The van der Waals surface area contributed by atoms with Gasteiger partial charge in [0, 0.05) is 19.0 Å². The molecule has 1 saturated heterocycles. The van der Waals surface area contributed by atoms with Crippen LogP contribution in [0.4, 0.5) is 0 Å². The summed E-state index contributed by atoms with van der Waals surface area (Å²) in [7, 11) is 0. The minimum absolute atomic E-state index is 0.0962. The van der Waals surface area contributed by atoms with Crippen molar-refractivity contribution in [1.29, 1.82) is 0 Å².